The van der Waals surface area contributed by atoms with E-state index in [1.165, 1.54) is 0 Å². The van der Waals surface area contributed by atoms with Gasteiger partial charge in [0, 0.05) is 13.1 Å². The first-order chi connectivity index (χ1) is 12.7. The number of rotatable bonds is 5. The molecule has 2 heterocycles. The number of hydrogen-bond acceptors (Lipinski definition) is 4. The number of urea groups is 1. The fourth-order valence-corrected chi connectivity index (χ4v) is 3.21. The molecule has 1 aromatic carbocycles. The zero-order valence-corrected chi connectivity index (χ0v) is 14.9. The molecule has 3 rings (SSSR count). The molecule has 2 amide bonds. The number of likely N-dealkylation sites (tertiary alicyclic amines) is 1. The molecule has 0 saturated carbocycles. The van der Waals surface area contributed by atoms with E-state index in [9.17, 15) is 9.59 Å². The minimum atomic E-state index is -0.346. The SMILES string of the molecule is CCOC(=O)C1CCN(C(=O)NC(c2ccccc2)c2ccco2)CC1. The highest BCUT2D eigenvalue weighted by Crippen LogP contribution is 2.24. The lowest BCUT2D eigenvalue weighted by Gasteiger charge is -2.32. The van der Waals surface area contributed by atoms with Gasteiger partial charge in [-0.15, -0.1) is 0 Å². The number of ether oxygens (including phenoxy) is 1. The maximum atomic E-state index is 12.7. The standard InChI is InChI=1S/C20H24N2O4/c1-2-25-19(23)16-10-12-22(13-11-16)20(24)21-18(17-9-6-14-26-17)15-7-4-3-5-8-15/h3-9,14,16,18H,2,10-13H2,1H3,(H,21,24). The van der Waals surface area contributed by atoms with Gasteiger partial charge in [0.25, 0.3) is 0 Å². The number of nitrogens with zero attached hydrogens (tertiary/aromatic N) is 1. The summed E-state index contributed by atoms with van der Waals surface area (Å²) in [5, 5.41) is 3.05. The minimum Gasteiger partial charge on any atom is -0.467 e. The number of benzene rings is 1. The Morgan fingerprint density at radius 2 is 1.92 bits per heavy atom. The molecule has 1 fully saturated rings. The van der Waals surface area contributed by atoms with Crippen LogP contribution in [0.15, 0.2) is 53.1 Å². The van der Waals surface area contributed by atoms with Crippen LogP contribution in [-0.4, -0.2) is 36.6 Å². The number of carbonyl (C=O) groups is 2. The van der Waals surface area contributed by atoms with Gasteiger partial charge >= 0.3 is 12.0 Å². The summed E-state index contributed by atoms with van der Waals surface area (Å²) in [6, 6.07) is 12.9. The fraction of sp³-hybridized carbons (Fsp3) is 0.400. The van der Waals surface area contributed by atoms with Crippen LogP contribution >= 0.6 is 0 Å². The van der Waals surface area contributed by atoms with E-state index in [1.807, 2.05) is 42.5 Å². The van der Waals surface area contributed by atoms with Crippen molar-refractivity contribution in [1.82, 2.24) is 10.2 Å². The highest BCUT2D eigenvalue weighted by Gasteiger charge is 2.29. The number of hydrogen-bond donors (Lipinski definition) is 1. The average Bonchev–Trinajstić information content (AvgIpc) is 3.21. The third-order valence-corrected chi connectivity index (χ3v) is 4.63. The summed E-state index contributed by atoms with van der Waals surface area (Å²) in [7, 11) is 0. The number of amides is 2. The molecule has 0 aliphatic carbocycles. The second-order valence-electron chi connectivity index (χ2n) is 6.32. The molecule has 6 heteroatoms. The number of furan rings is 1. The number of piperidine rings is 1. The van der Waals surface area contributed by atoms with Crippen molar-refractivity contribution in [2.45, 2.75) is 25.8 Å². The molecular weight excluding hydrogens is 332 g/mol. The van der Waals surface area contributed by atoms with Crippen LogP contribution in [0.4, 0.5) is 4.79 Å². The Bertz CT molecular complexity index is 707. The van der Waals surface area contributed by atoms with Gasteiger partial charge in [-0.1, -0.05) is 30.3 Å². The molecule has 1 N–H and O–H groups in total. The van der Waals surface area contributed by atoms with Gasteiger partial charge in [0.2, 0.25) is 0 Å². The van der Waals surface area contributed by atoms with Crippen molar-refractivity contribution in [2.24, 2.45) is 5.92 Å². The van der Waals surface area contributed by atoms with Crippen LogP contribution in [-0.2, 0) is 9.53 Å². The molecule has 26 heavy (non-hydrogen) atoms. The van der Waals surface area contributed by atoms with Crippen LogP contribution < -0.4 is 5.32 Å². The third-order valence-electron chi connectivity index (χ3n) is 4.63. The molecule has 138 valence electrons. The first kappa shape index (κ1) is 18.0. The quantitative estimate of drug-likeness (QED) is 0.834. The Kier molecular flexibility index (Phi) is 5.94. The van der Waals surface area contributed by atoms with Crippen LogP contribution in [0.1, 0.15) is 37.1 Å². The first-order valence-corrected chi connectivity index (χ1v) is 8.99. The van der Waals surface area contributed by atoms with Crippen molar-refractivity contribution in [3.05, 3.63) is 60.1 Å². The first-order valence-electron chi connectivity index (χ1n) is 8.99. The summed E-state index contributed by atoms with van der Waals surface area (Å²) in [6.07, 6.45) is 2.86. The van der Waals surface area contributed by atoms with Crippen molar-refractivity contribution >= 4 is 12.0 Å². The average molecular weight is 356 g/mol. The zero-order valence-electron chi connectivity index (χ0n) is 14.9. The summed E-state index contributed by atoms with van der Waals surface area (Å²) >= 11 is 0. The summed E-state index contributed by atoms with van der Waals surface area (Å²) in [5.41, 5.74) is 0.956. The molecule has 6 nitrogen and oxygen atoms in total. The molecular formula is C20H24N2O4. The lowest BCUT2D eigenvalue weighted by molar-refractivity contribution is -0.149. The zero-order chi connectivity index (χ0) is 18.4. The van der Waals surface area contributed by atoms with E-state index in [1.54, 1.807) is 18.1 Å². The molecule has 1 aromatic heterocycles. The van der Waals surface area contributed by atoms with Gasteiger partial charge in [-0.2, -0.15) is 0 Å². The summed E-state index contributed by atoms with van der Waals surface area (Å²) in [5.74, 6) is 0.408. The molecule has 2 aromatic rings. The Morgan fingerprint density at radius 1 is 1.19 bits per heavy atom. The summed E-state index contributed by atoms with van der Waals surface area (Å²) in [6.45, 7) is 3.27. The van der Waals surface area contributed by atoms with Crippen molar-refractivity contribution in [2.75, 3.05) is 19.7 Å². The van der Waals surface area contributed by atoms with Crippen LogP contribution in [0.25, 0.3) is 0 Å². The smallest absolute Gasteiger partial charge is 0.318 e. The molecule has 1 saturated heterocycles. The minimum absolute atomic E-state index is 0.117. The van der Waals surface area contributed by atoms with E-state index in [0.29, 0.717) is 38.3 Å². The van der Waals surface area contributed by atoms with Gasteiger partial charge in [-0.05, 0) is 37.5 Å². The highest BCUT2D eigenvalue weighted by molar-refractivity contribution is 5.76. The third kappa shape index (κ3) is 4.25. The van der Waals surface area contributed by atoms with Crippen LogP contribution in [0.2, 0.25) is 0 Å². The van der Waals surface area contributed by atoms with E-state index in [0.717, 1.165) is 5.56 Å². The number of nitrogens with one attached hydrogen (secondary N) is 1. The maximum Gasteiger partial charge on any atom is 0.318 e. The van der Waals surface area contributed by atoms with E-state index >= 15 is 0 Å². The van der Waals surface area contributed by atoms with E-state index in [4.69, 9.17) is 9.15 Å². The predicted molar refractivity (Wildman–Crippen MR) is 96.5 cm³/mol. The van der Waals surface area contributed by atoms with Crippen molar-refractivity contribution < 1.29 is 18.7 Å². The Balaban J connectivity index is 1.63. The van der Waals surface area contributed by atoms with Gasteiger partial charge in [-0.25, -0.2) is 4.79 Å². The Labute approximate surface area is 153 Å². The largest absolute Gasteiger partial charge is 0.467 e. The topological polar surface area (TPSA) is 71.8 Å². The molecule has 1 unspecified atom stereocenters. The highest BCUT2D eigenvalue weighted by atomic mass is 16.5. The Hall–Kier alpha value is -2.76. The second-order valence-corrected chi connectivity index (χ2v) is 6.32. The molecule has 1 aliphatic rings. The van der Waals surface area contributed by atoms with Crippen molar-refractivity contribution in [3.63, 3.8) is 0 Å². The van der Waals surface area contributed by atoms with Gasteiger partial charge in [0.05, 0.1) is 18.8 Å². The van der Waals surface area contributed by atoms with E-state index in [2.05, 4.69) is 5.32 Å². The predicted octanol–water partition coefficient (Wildman–Crippen LogP) is 3.35. The molecule has 1 aliphatic heterocycles. The van der Waals surface area contributed by atoms with E-state index in [-0.39, 0.29) is 24.0 Å². The van der Waals surface area contributed by atoms with Crippen LogP contribution in [0.5, 0.6) is 0 Å². The van der Waals surface area contributed by atoms with Crippen molar-refractivity contribution in [1.29, 1.82) is 0 Å². The van der Waals surface area contributed by atoms with E-state index < -0.39 is 0 Å². The summed E-state index contributed by atoms with van der Waals surface area (Å²) < 4.78 is 10.6. The lowest BCUT2D eigenvalue weighted by atomic mass is 9.97. The molecule has 0 bridgehead atoms. The van der Waals surface area contributed by atoms with Gasteiger partial charge < -0.3 is 19.4 Å². The van der Waals surface area contributed by atoms with Gasteiger partial charge in [0.15, 0.2) is 0 Å². The molecule has 0 radical (unpaired) electrons. The maximum absolute atomic E-state index is 12.7. The fourth-order valence-electron chi connectivity index (χ4n) is 3.21. The number of esters is 1. The Morgan fingerprint density at radius 3 is 2.54 bits per heavy atom. The van der Waals surface area contributed by atoms with Crippen molar-refractivity contribution in [3.8, 4) is 0 Å². The normalized spacial score (nSPS) is 16.1. The number of carbonyl (C=O) groups excluding carboxylic acids is 2. The summed E-state index contributed by atoms with van der Waals surface area (Å²) in [4.78, 5) is 26.3. The molecule has 1 atom stereocenters. The molecule has 0 spiro atoms. The van der Waals surface area contributed by atoms with Gasteiger partial charge in [-0.3, -0.25) is 4.79 Å². The lowest BCUT2D eigenvalue weighted by Crippen LogP contribution is -2.46. The monoisotopic (exact) mass is 356 g/mol. The second kappa shape index (κ2) is 8.56. The van der Waals surface area contributed by atoms with Gasteiger partial charge in [0.1, 0.15) is 11.8 Å². The van der Waals surface area contributed by atoms with Crippen LogP contribution in [0.3, 0.4) is 0 Å². The van der Waals surface area contributed by atoms with Crippen LogP contribution in [0, 0.1) is 5.92 Å².